The van der Waals surface area contributed by atoms with Crippen LogP contribution in [0.2, 0.25) is 0 Å². The van der Waals surface area contributed by atoms with Crippen molar-refractivity contribution in [3.63, 3.8) is 0 Å². The summed E-state index contributed by atoms with van der Waals surface area (Å²) in [5.74, 6) is -0.687. The molecule has 5 nitrogen and oxygen atoms in total. The Morgan fingerprint density at radius 2 is 2.08 bits per heavy atom. The Bertz CT molecular complexity index is 878. The fraction of sp³-hybridized carbons (Fsp3) is 0.368. The van der Waals surface area contributed by atoms with Crippen LogP contribution in [0.15, 0.2) is 18.2 Å². The maximum absolute atomic E-state index is 14.3. The molecule has 1 aromatic carbocycles. The quantitative estimate of drug-likeness (QED) is 0.801. The number of amides is 1. The lowest BCUT2D eigenvalue weighted by Gasteiger charge is -2.17. The van der Waals surface area contributed by atoms with Gasteiger partial charge < -0.3 is 16.0 Å². The lowest BCUT2D eigenvalue weighted by Crippen LogP contribution is -2.32. The molecule has 2 aromatic rings. The van der Waals surface area contributed by atoms with E-state index in [-0.39, 0.29) is 23.4 Å². The van der Waals surface area contributed by atoms with Gasteiger partial charge in [0.15, 0.2) is 5.78 Å². The molecule has 1 aliphatic rings. The van der Waals surface area contributed by atoms with E-state index >= 15 is 0 Å². The monoisotopic (exact) mass is 375 g/mol. The van der Waals surface area contributed by atoms with Gasteiger partial charge in [-0.2, -0.15) is 0 Å². The number of halogens is 1. The average molecular weight is 375 g/mol. The van der Waals surface area contributed by atoms with Crippen LogP contribution < -0.4 is 11.1 Å². The third kappa shape index (κ3) is 3.50. The molecule has 0 aliphatic carbocycles. The molecule has 0 radical (unpaired) electrons. The van der Waals surface area contributed by atoms with Crippen LogP contribution in [-0.4, -0.2) is 35.7 Å². The molecule has 138 valence electrons. The summed E-state index contributed by atoms with van der Waals surface area (Å²) in [5, 5.41) is 3.50. The van der Waals surface area contributed by atoms with E-state index in [0.717, 1.165) is 12.0 Å². The molecule has 1 fully saturated rings. The summed E-state index contributed by atoms with van der Waals surface area (Å²) in [6, 6.07) is 4.82. The van der Waals surface area contributed by atoms with Gasteiger partial charge >= 0.3 is 0 Å². The molecule has 0 saturated carbocycles. The van der Waals surface area contributed by atoms with E-state index in [9.17, 15) is 14.0 Å². The van der Waals surface area contributed by atoms with Gasteiger partial charge in [-0.3, -0.25) is 9.59 Å². The molecule has 1 aromatic heterocycles. The maximum atomic E-state index is 14.3. The van der Waals surface area contributed by atoms with E-state index in [1.54, 1.807) is 24.0 Å². The first-order chi connectivity index (χ1) is 12.3. The topological polar surface area (TPSA) is 75.4 Å². The second-order valence-corrected chi connectivity index (χ2v) is 7.75. The van der Waals surface area contributed by atoms with Crippen LogP contribution in [0.1, 0.15) is 44.5 Å². The number of nitrogens with one attached hydrogen (secondary N) is 1. The Hall–Kier alpha value is -2.25. The molecule has 0 spiro atoms. The number of rotatable bonds is 4. The van der Waals surface area contributed by atoms with Crippen LogP contribution in [-0.2, 0) is 0 Å². The SMILES string of the molecule is CC(=O)c1sc(Nc2ccc(C)cc2F)c(C(=O)N2CC[C@@H](N)C2)c1C. The summed E-state index contributed by atoms with van der Waals surface area (Å²) in [5.41, 5.74) is 8.06. The zero-order valence-electron chi connectivity index (χ0n) is 15.1. The molecule has 26 heavy (non-hydrogen) atoms. The van der Waals surface area contributed by atoms with Crippen molar-refractivity contribution in [2.45, 2.75) is 33.2 Å². The highest BCUT2D eigenvalue weighted by molar-refractivity contribution is 7.18. The van der Waals surface area contributed by atoms with Crippen molar-refractivity contribution in [3.05, 3.63) is 45.6 Å². The number of likely N-dealkylation sites (tertiary alicyclic amines) is 1. The van der Waals surface area contributed by atoms with E-state index in [4.69, 9.17) is 5.73 Å². The Kier molecular flexibility index (Phi) is 5.11. The van der Waals surface area contributed by atoms with Crippen LogP contribution in [0.4, 0.5) is 15.1 Å². The normalized spacial score (nSPS) is 16.8. The van der Waals surface area contributed by atoms with E-state index in [1.807, 2.05) is 6.92 Å². The first-order valence-electron chi connectivity index (χ1n) is 8.50. The second-order valence-electron chi connectivity index (χ2n) is 6.72. The number of carbonyl (C=O) groups is 2. The van der Waals surface area contributed by atoms with Crippen molar-refractivity contribution < 1.29 is 14.0 Å². The molecule has 1 saturated heterocycles. The van der Waals surface area contributed by atoms with E-state index in [1.165, 1.54) is 24.3 Å². The van der Waals surface area contributed by atoms with Gasteiger partial charge in [0.1, 0.15) is 10.8 Å². The van der Waals surface area contributed by atoms with Crippen molar-refractivity contribution >= 4 is 33.7 Å². The van der Waals surface area contributed by atoms with Crippen LogP contribution in [0.25, 0.3) is 0 Å². The predicted octanol–water partition coefficient (Wildman–Crippen LogP) is 3.62. The third-order valence-corrected chi connectivity index (χ3v) is 5.87. The summed E-state index contributed by atoms with van der Waals surface area (Å²) in [4.78, 5) is 27.2. The number of thiophene rings is 1. The first-order valence-corrected chi connectivity index (χ1v) is 9.32. The summed E-state index contributed by atoms with van der Waals surface area (Å²) < 4.78 is 14.3. The maximum Gasteiger partial charge on any atom is 0.257 e. The largest absolute Gasteiger partial charge is 0.344 e. The Morgan fingerprint density at radius 1 is 1.35 bits per heavy atom. The zero-order chi connectivity index (χ0) is 19.0. The molecule has 2 heterocycles. The summed E-state index contributed by atoms with van der Waals surface area (Å²) in [7, 11) is 0. The molecule has 3 rings (SSSR count). The van der Waals surface area contributed by atoms with Gasteiger partial charge in [-0.1, -0.05) is 6.07 Å². The van der Waals surface area contributed by atoms with Gasteiger partial charge in [0, 0.05) is 19.1 Å². The van der Waals surface area contributed by atoms with Crippen molar-refractivity contribution in [2.75, 3.05) is 18.4 Å². The fourth-order valence-electron chi connectivity index (χ4n) is 3.17. The van der Waals surface area contributed by atoms with E-state index in [2.05, 4.69) is 5.32 Å². The summed E-state index contributed by atoms with van der Waals surface area (Å²) in [6.45, 7) is 6.11. The van der Waals surface area contributed by atoms with E-state index in [0.29, 0.717) is 34.1 Å². The number of nitrogens with two attached hydrogens (primary N) is 1. The van der Waals surface area contributed by atoms with Gasteiger partial charge in [-0.25, -0.2) is 4.39 Å². The van der Waals surface area contributed by atoms with Crippen LogP contribution >= 0.6 is 11.3 Å². The van der Waals surface area contributed by atoms with Gasteiger partial charge in [0.05, 0.1) is 16.1 Å². The number of hydrogen-bond donors (Lipinski definition) is 2. The molecule has 1 amide bonds. The molecule has 1 aliphatic heterocycles. The summed E-state index contributed by atoms with van der Waals surface area (Å²) in [6.07, 6.45) is 0.754. The van der Waals surface area contributed by atoms with Crippen LogP contribution in [0, 0.1) is 19.7 Å². The highest BCUT2D eigenvalue weighted by Crippen LogP contribution is 2.37. The lowest BCUT2D eigenvalue weighted by molar-refractivity contribution is 0.0791. The zero-order valence-corrected chi connectivity index (χ0v) is 15.9. The number of Topliss-reactive ketones (excluding diaryl/α,β-unsaturated/α-hetero) is 1. The molecule has 0 bridgehead atoms. The fourth-order valence-corrected chi connectivity index (χ4v) is 4.28. The number of hydrogen-bond acceptors (Lipinski definition) is 5. The molecule has 3 N–H and O–H groups in total. The Labute approximate surface area is 156 Å². The second kappa shape index (κ2) is 7.17. The highest BCUT2D eigenvalue weighted by atomic mass is 32.1. The van der Waals surface area contributed by atoms with Gasteiger partial charge in [0.25, 0.3) is 5.91 Å². The number of aryl methyl sites for hydroxylation is 1. The van der Waals surface area contributed by atoms with Gasteiger partial charge in [0.2, 0.25) is 0 Å². The van der Waals surface area contributed by atoms with Crippen LogP contribution in [0.3, 0.4) is 0 Å². The molecule has 7 heteroatoms. The number of benzene rings is 1. The Balaban J connectivity index is 2.02. The van der Waals surface area contributed by atoms with Gasteiger partial charge in [-0.05, 0) is 50.5 Å². The smallest absolute Gasteiger partial charge is 0.257 e. The lowest BCUT2D eigenvalue weighted by atomic mass is 10.1. The predicted molar refractivity (Wildman–Crippen MR) is 102 cm³/mol. The summed E-state index contributed by atoms with van der Waals surface area (Å²) >= 11 is 1.18. The number of ketones is 1. The van der Waals surface area contributed by atoms with Crippen molar-refractivity contribution in [1.29, 1.82) is 0 Å². The molecular formula is C19H22FN3O2S. The van der Waals surface area contributed by atoms with Crippen molar-refractivity contribution in [3.8, 4) is 0 Å². The molecule has 1 atom stereocenters. The minimum Gasteiger partial charge on any atom is -0.344 e. The highest BCUT2D eigenvalue weighted by Gasteiger charge is 2.30. The first kappa shape index (κ1) is 18.5. The Morgan fingerprint density at radius 3 is 2.65 bits per heavy atom. The standard InChI is InChI=1S/C19H22FN3O2S/c1-10-4-5-15(14(20)8-10)22-18-16(11(2)17(26-18)12(3)24)19(25)23-7-6-13(21)9-23/h4-5,8,13,22H,6-7,9,21H2,1-3H3/t13-/m1/s1. The number of nitrogens with zero attached hydrogens (tertiary/aromatic N) is 1. The molecule has 0 unspecified atom stereocenters. The number of anilines is 2. The minimum atomic E-state index is -0.401. The third-order valence-electron chi connectivity index (χ3n) is 4.57. The average Bonchev–Trinajstić information content (AvgIpc) is 3.13. The van der Waals surface area contributed by atoms with Gasteiger partial charge in [-0.15, -0.1) is 11.3 Å². The van der Waals surface area contributed by atoms with Crippen molar-refractivity contribution in [1.82, 2.24) is 4.90 Å². The van der Waals surface area contributed by atoms with Crippen molar-refractivity contribution in [2.24, 2.45) is 5.73 Å². The molecular weight excluding hydrogens is 353 g/mol. The van der Waals surface area contributed by atoms with Crippen LogP contribution in [0.5, 0.6) is 0 Å². The van der Waals surface area contributed by atoms with E-state index < -0.39 is 5.82 Å². The number of carbonyl (C=O) groups excluding carboxylic acids is 2. The minimum absolute atomic E-state index is 0.0314.